The number of quaternary nitrogens is 1. The third-order valence-corrected chi connectivity index (χ3v) is 8.07. The normalized spacial score (nSPS) is 24.4. The first-order valence-corrected chi connectivity index (χ1v) is 12.9. The van der Waals surface area contributed by atoms with Crippen molar-refractivity contribution in [3.63, 3.8) is 0 Å². The lowest BCUT2D eigenvalue weighted by atomic mass is 9.65. The van der Waals surface area contributed by atoms with E-state index in [0.717, 1.165) is 26.2 Å². The molecule has 0 unspecified atom stereocenters. The molecule has 2 aliphatic heterocycles. The summed E-state index contributed by atoms with van der Waals surface area (Å²) in [6.45, 7) is 11.5. The van der Waals surface area contributed by atoms with E-state index < -0.39 is 5.92 Å². The van der Waals surface area contributed by atoms with E-state index in [1.54, 1.807) is 12.1 Å². The molecule has 0 amide bonds. The summed E-state index contributed by atoms with van der Waals surface area (Å²) in [6.07, 6.45) is 1.91. The fraction of sp³-hybridized carbons (Fsp3) is 0.571. The first-order valence-electron chi connectivity index (χ1n) is 12.9. The van der Waals surface area contributed by atoms with Crippen molar-refractivity contribution in [1.29, 1.82) is 0 Å². The van der Waals surface area contributed by atoms with Crippen LogP contribution in [0.15, 0.2) is 40.9 Å². The summed E-state index contributed by atoms with van der Waals surface area (Å²) in [7, 11) is 2.13. The van der Waals surface area contributed by atoms with E-state index in [2.05, 4.69) is 11.9 Å². The maximum Gasteiger partial charge on any atom is 0.292 e. The summed E-state index contributed by atoms with van der Waals surface area (Å²) in [4.78, 5) is 42.3. The molecule has 1 saturated heterocycles. The number of rotatable bonds is 3. The van der Waals surface area contributed by atoms with Gasteiger partial charge in [-0.15, -0.1) is 0 Å². The number of likely N-dealkylation sites (N-methyl/N-ethyl adjacent to an activating group) is 1. The van der Waals surface area contributed by atoms with E-state index in [0.29, 0.717) is 59.6 Å². The first-order chi connectivity index (χ1) is 16.8. The Morgan fingerprint density at radius 3 is 1.97 bits per heavy atom. The Hall–Kier alpha value is -3.00. The summed E-state index contributed by atoms with van der Waals surface area (Å²) in [6, 6.07) is 5.27. The smallest absolute Gasteiger partial charge is 0.292 e. The number of hydrogen-bond acceptors (Lipinski definition) is 6. The molecule has 1 N–H and O–H groups in total. The number of allylic oxidation sites excluding steroid dienone is 4. The van der Waals surface area contributed by atoms with Crippen molar-refractivity contribution in [2.45, 2.75) is 59.3 Å². The summed E-state index contributed by atoms with van der Waals surface area (Å²) < 4.78 is 6.34. The molecule has 0 atom stereocenters. The fourth-order valence-corrected chi connectivity index (χ4v) is 6.27. The van der Waals surface area contributed by atoms with Crippen LogP contribution in [0.3, 0.4) is 0 Å². The van der Waals surface area contributed by atoms with Crippen LogP contribution >= 0.6 is 0 Å². The number of Topliss-reactive ketones (excluding diaryl/α,β-unsaturated/α-hetero) is 2. The van der Waals surface area contributed by atoms with Gasteiger partial charge >= 0.3 is 0 Å². The lowest BCUT2D eigenvalue weighted by Gasteiger charge is -2.42. The molecular formula is C28H36N3O5+. The van der Waals surface area contributed by atoms with Gasteiger partial charge < -0.3 is 14.5 Å². The van der Waals surface area contributed by atoms with E-state index in [9.17, 15) is 19.7 Å². The molecule has 1 fully saturated rings. The van der Waals surface area contributed by atoms with Gasteiger partial charge in [-0.1, -0.05) is 33.8 Å². The number of carbonyl (C=O) groups is 2. The molecule has 1 aromatic carbocycles. The molecule has 0 spiro atoms. The minimum Gasteiger partial charge on any atom is -0.465 e. The largest absolute Gasteiger partial charge is 0.465 e. The van der Waals surface area contributed by atoms with Gasteiger partial charge in [0.2, 0.25) is 0 Å². The zero-order chi connectivity index (χ0) is 26.0. The van der Waals surface area contributed by atoms with E-state index in [1.165, 1.54) is 4.90 Å². The van der Waals surface area contributed by atoms with Crippen LogP contribution < -0.4 is 9.80 Å². The number of carbonyl (C=O) groups excluding carboxylic acids is 2. The Balaban J connectivity index is 1.65. The number of nitro benzene ring substituents is 1. The van der Waals surface area contributed by atoms with E-state index >= 15 is 0 Å². The molecule has 8 nitrogen and oxygen atoms in total. The topological polar surface area (TPSA) is 94.2 Å². The van der Waals surface area contributed by atoms with Crippen LogP contribution in [0.25, 0.3) is 0 Å². The average Bonchev–Trinajstić information content (AvgIpc) is 2.76. The molecule has 1 aromatic rings. The van der Waals surface area contributed by atoms with Gasteiger partial charge in [0.1, 0.15) is 17.2 Å². The van der Waals surface area contributed by atoms with Gasteiger partial charge in [-0.3, -0.25) is 19.7 Å². The van der Waals surface area contributed by atoms with Crippen molar-refractivity contribution in [3.8, 4) is 0 Å². The molecule has 5 rings (SSSR count). The first kappa shape index (κ1) is 24.7. The molecule has 0 aromatic heterocycles. The predicted molar refractivity (Wildman–Crippen MR) is 136 cm³/mol. The van der Waals surface area contributed by atoms with Crippen LogP contribution in [0.2, 0.25) is 0 Å². The Morgan fingerprint density at radius 2 is 1.47 bits per heavy atom. The highest BCUT2D eigenvalue weighted by Crippen LogP contribution is 2.53. The van der Waals surface area contributed by atoms with Gasteiger partial charge in [-0.2, -0.15) is 0 Å². The maximum absolute atomic E-state index is 13.5. The third-order valence-electron chi connectivity index (χ3n) is 8.07. The van der Waals surface area contributed by atoms with E-state index in [1.807, 2.05) is 33.8 Å². The fourth-order valence-electron chi connectivity index (χ4n) is 6.27. The maximum atomic E-state index is 13.5. The van der Waals surface area contributed by atoms with Gasteiger partial charge in [0, 0.05) is 48.8 Å². The monoisotopic (exact) mass is 494 g/mol. The molecule has 192 valence electrons. The summed E-state index contributed by atoms with van der Waals surface area (Å²) >= 11 is 0. The minimum atomic E-state index is -0.624. The number of ketones is 2. The molecule has 2 heterocycles. The quantitative estimate of drug-likeness (QED) is 0.512. The van der Waals surface area contributed by atoms with Crippen LogP contribution in [0, 0.1) is 20.9 Å². The molecule has 8 heteroatoms. The zero-order valence-electron chi connectivity index (χ0n) is 21.9. The van der Waals surface area contributed by atoms with Gasteiger partial charge in [0.15, 0.2) is 11.6 Å². The second-order valence-corrected chi connectivity index (χ2v) is 12.5. The Morgan fingerprint density at radius 1 is 0.944 bits per heavy atom. The standard InChI is InChI=1S/C28H35N3O5/c1-27(2)13-20(32)25-22(15-27)36-23-16-28(3,4)14-21(33)26(23)24(25)17-6-7-18(19(12-17)31(34)35)30-10-8-29(5)9-11-30/h6-7,12,24H,8-11,13-16H2,1-5H3/p+1. The van der Waals surface area contributed by atoms with Gasteiger partial charge in [-0.25, -0.2) is 0 Å². The summed E-state index contributed by atoms with van der Waals surface area (Å²) in [5, 5.41) is 12.2. The summed E-state index contributed by atoms with van der Waals surface area (Å²) in [5.74, 6) is 0.549. The van der Waals surface area contributed by atoms with Crippen molar-refractivity contribution in [3.05, 3.63) is 56.5 Å². The average molecular weight is 495 g/mol. The highest BCUT2D eigenvalue weighted by molar-refractivity contribution is 6.06. The highest BCUT2D eigenvalue weighted by Gasteiger charge is 2.48. The Labute approximate surface area is 212 Å². The number of hydrogen-bond donors (Lipinski definition) is 1. The molecule has 4 aliphatic rings. The van der Waals surface area contributed by atoms with Gasteiger partial charge in [-0.05, 0) is 22.5 Å². The molecule has 0 saturated carbocycles. The van der Waals surface area contributed by atoms with Crippen molar-refractivity contribution in [2.24, 2.45) is 10.8 Å². The van der Waals surface area contributed by atoms with Crippen molar-refractivity contribution < 1.29 is 24.1 Å². The number of nitro groups is 1. The second kappa shape index (κ2) is 8.54. The number of nitrogens with zero attached hydrogens (tertiary/aromatic N) is 2. The molecular weight excluding hydrogens is 458 g/mol. The number of piperazine rings is 1. The van der Waals surface area contributed by atoms with Crippen molar-refractivity contribution in [2.75, 3.05) is 38.1 Å². The summed E-state index contributed by atoms with van der Waals surface area (Å²) in [5.41, 5.74) is 1.76. The predicted octanol–water partition coefficient (Wildman–Crippen LogP) is 3.33. The number of nitrogens with one attached hydrogen (secondary N) is 1. The van der Waals surface area contributed by atoms with E-state index in [4.69, 9.17) is 4.74 Å². The molecule has 2 aliphatic carbocycles. The van der Waals surface area contributed by atoms with Crippen molar-refractivity contribution >= 4 is 22.9 Å². The minimum absolute atomic E-state index is 0.0232. The molecule has 36 heavy (non-hydrogen) atoms. The van der Waals surface area contributed by atoms with Crippen LogP contribution in [0.1, 0.15) is 64.9 Å². The number of benzene rings is 1. The lowest BCUT2D eigenvalue weighted by Crippen LogP contribution is -3.12. The third kappa shape index (κ3) is 4.36. The lowest BCUT2D eigenvalue weighted by molar-refractivity contribution is -0.880. The molecule has 0 bridgehead atoms. The van der Waals surface area contributed by atoms with Crippen molar-refractivity contribution in [1.82, 2.24) is 0 Å². The Kier molecular flexibility index (Phi) is 5.86. The zero-order valence-corrected chi connectivity index (χ0v) is 21.9. The van der Waals surface area contributed by atoms with E-state index in [-0.39, 0.29) is 33.0 Å². The van der Waals surface area contributed by atoms with Gasteiger partial charge in [0.25, 0.3) is 5.69 Å². The van der Waals surface area contributed by atoms with Crippen LogP contribution in [-0.4, -0.2) is 49.7 Å². The molecule has 0 radical (unpaired) electrons. The second-order valence-electron chi connectivity index (χ2n) is 12.5. The van der Waals surface area contributed by atoms with Crippen LogP contribution in [-0.2, 0) is 14.3 Å². The Bertz CT molecular complexity index is 1170. The van der Waals surface area contributed by atoms with Gasteiger partial charge in [0.05, 0.1) is 38.2 Å². The van der Waals surface area contributed by atoms with Crippen LogP contribution in [0.5, 0.6) is 0 Å². The number of anilines is 1. The number of ether oxygens (including phenoxy) is 1. The SMILES string of the molecule is C[NH+]1CCN(c2ccc(C3C4=C(CC(C)(C)CC4=O)OC4=C3C(=O)CC(C)(C)C4)cc2[N+](=O)[O-])CC1. The van der Waals surface area contributed by atoms with Crippen LogP contribution in [0.4, 0.5) is 11.4 Å². The highest BCUT2D eigenvalue weighted by atomic mass is 16.6.